The third-order valence-corrected chi connectivity index (χ3v) is 3.17. The minimum Gasteiger partial charge on any atom is -0.497 e. The van der Waals surface area contributed by atoms with Crippen LogP contribution in [-0.2, 0) is 13.0 Å². The molecule has 0 saturated carbocycles. The zero-order valence-corrected chi connectivity index (χ0v) is 11.9. The van der Waals surface area contributed by atoms with Gasteiger partial charge in [0.25, 0.3) is 0 Å². The highest BCUT2D eigenvalue weighted by atomic mass is 16.5. The van der Waals surface area contributed by atoms with Gasteiger partial charge in [0.05, 0.1) is 13.5 Å². The van der Waals surface area contributed by atoms with Crippen LogP contribution in [0.25, 0.3) is 0 Å². The molecular weight excluding hydrogens is 270 g/mol. The monoisotopic (exact) mass is 285 g/mol. The van der Waals surface area contributed by atoms with Gasteiger partial charge in [-0.15, -0.1) is 0 Å². The van der Waals surface area contributed by atoms with E-state index in [0.29, 0.717) is 24.7 Å². The van der Waals surface area contributed by atoms with Gasteiger partial charge >= 0.3 is 0 Å². The standard InChI is InChI=1S/C14H15N5O2/c1-10-5-12(20-2)4-3-11(10)6-14-17-13(18-21-14)7-19-9-15-8-16-19/h3-5,8-9H,6-7H2,1-2H3. The maximum Gasteiger partial charge on any atom is 0.231 e. The summed E-state index contributed by atoms with van der Waals surface area (Å²) in [6, 6.07) is 5.92. The molecule has 0 aliphatic rings. The lowest BCUT2D eigenvalue weighted by molar-refractivity contribution is 0.377. The molecule has 7 heteroatoms. The van der Waals surface area contributed by atoms with Crippen LogP contribution in [0.2, 0.25) is 0 Å². The van der Waals surface area contributed by atoms with Crippen LogP contribution >= 0.6 is 0 Å². The van der Waals surface area contributed by atoms with Crippen molar-refractivity contribution in [1.82, 2.24) is 24.9 Å². The molecule has 0 fully saturated rings. The third kappa shape index (κ3) is 3.07. The van der Waals surface area contributed by atoms with E-state index in [1.165, 1.54) is 6.33 Å². The molecule has 108 valence electrons. The minimum absolute atomic E-state index is 0.449. The highest BCUT2D eigenvalue weighted by molar-refractivity contribution is 5.35. The van der Waals surface area contributed by atoms with E-state index in [1.807, 2.05) is 25.1 Å². The van der Waals surface area contributed by atoms with E-state index in [-0.39, 0.29) is 0 Å². The lowest BCUT2D eigenvalue weighted by atomic mass is 10.1. The molecule has 0 N–H and O–H groups in total. The molecule has 0 aliphatic heterocycles. The summed E-state index contributed by atoms with van der Waals surface area (Å²) in [6.45, 7) is 2.48. The van der Waals surface area contributed by atoms with Crippen LogP contribution in [-0.4, -0.2) is 32.0 Å². The maximum absolute atomic E-state index is 5.28. The number of methoxy groups -OCH3 is 1. The first-order valence-electron chi connectivity index (χ1n) is 6.52. The number of benzene rings is 1. The molecule has 7 nitrogen and oxygen atoms in total. The van der Waals surface area contributed by atoms with Crippen molar-refractivity contribution in [3.05, 3.63) is 53.7 Å². The summed E-state index contributed by atoms with van der Waals surface area (Å²) < 4.78 is 12.1. The van der Waals surface area contributed by atoms with Gasteiger partial charge in [-0.05, 0) is 30.2 Å². The molecule has 0 unspecified atom stereocenters. The van der Waals surface area contributed by atoms with E-state index in [4.69, 9.17) is 9.26 Å². The average molecular weight is 285 g/mol. The first-order valence-corrected chi connectivity index (χ1v) is 6.52. The molecule has 3 aromatic rings. The molecule has 3 rings (SSSR count). The normalized spacial score (nSPS) is 10.8. The summed E-state index contributed by atoms with van der Waals surface area (Å²) in [5.74, 6) is 2.01. The van der Waals surface area contributed by atoms with Gasteiger partial charge in [-0.3, -0.25) is 0 Å². The molecule has 2 heterocycles. The predicted molar refractivity (Wildman–Crippen MR) is 74.0 cm³/mol. The summed E-state index contributed by atoms with van der Waals surface area (Å²) >= 11 is 0. The number of ether oxygens (including phenoxy) is 1. The number of hydrogen-bond acceptors (Lipinski definition) is 6. The Morgan fingerprint density at radius 1 is 1.33 bits per heavy atom. The molecule has 0 aliphatic carbocycles. The van der Waals surface area contributed by atoms with Crippen LogP contribution < -0.4 is 4.74 Å². The molecule has 0 atom stereocenters. The fourth-order valence-electron chi connectivity index (χ4n) is 2.04. The lowest BCUT2D eigenvalue weighted by Crippen LogP contribution is -2.02. The van der Waals surface area contributed by atoms with Gasteiger partial charge in [-0.2, -0.15) is 10.1 Å². The van der Waals surface area contributed by atoms with E-state index < -0.39 is 0 Å². The largest absolute Gasteiger partial charge is 0.497 e. The van der Waals surface area contributed by atoms with Gasteiger partial charge in [0.2, 0.25) is 5.89 Å². The Morgan fingerprint density at radius 3 is 2.95 bits per heavy atom. The van der Waals surface area contributed by atoms with Gasteiger partial charge in [0, 0.05) is 0 Å². The Hall–Kier alpha value is -2.70. The Bertz CT molecular complexity index is 721. The van der Waals surface area contributed by atoms with Crippen molar-refractivity contribution >= 4 is 0 Å². The topological polar surface area (TPSA) is 78.9 Å². The molecule has 1 aromatic carbocycles. The first kappa shape index (κ1) is 13.3. The van der Waals surface area contributed by atoms with E-state index in [9.17, 15) is 0 Å². The number of rotatable bonds is 5. The van der Waals surface area contributed by atoms with Crippen molar-refractivity contribution in [2.24, 2.45) is 0 Å². The van der Waals surface area contributed by atoms with Crippen LogP contribution in [0.5, 0.6) is 5.75 Å². The third-order valence-electron chi connectivity index (χ3n) is 3.17. The second-order valence-corrected chi connectivity index (χ2v) is 4.67. The molecule has 0 amide bonds. The predicted octanol–water partition coefficient (Wildman–Crippen LogP) is 1.62. The molecule has 2 aromatic heterocycles. The van der Waals surface area contributed by atoms with Crippen molar-refractivity contribution in [2.75, 3.05) is 7.11 Å². The number of hydrogen-bond donors (Lipinski definition) is 0. The Kier molecular flexibility index (Phi) is 3.63. The zero-order valence-electron chi connectivity index (χ0n) is 11.9. The van der Waals surface area contributed by atoms with Gasteiger partial charge < -0.3 is 9.26 Å². The SMILES string of the molecule is COc1ccc(Cc2nc(Cn3cncn3)no2)c(C)c1. The van der Waals surface area contributed by atoms with E-state index in [1.54, 1.807) is 18.1 Å². The van der Waals surface area contributed by atoms with Crippen molar-refractivity contribution in [3.63, 3.8) is 0 Å². The fourth-order valence-corrected chi connectivity index (χ4v) is 2.04. The summed E-state index contributed by atoms with van der Waals surface area (Å²) in [6.07, 6.45) is 3.69. The van der Waals surface area contributed by atoms with Gasteiger partial charge in [0.15, 0.2) is 5.82 Å². The van der Waals surface area contributed by atoms with Crippen LogP contribution in [0.3, 0.4) is 0 Å². The number of aryl methyl sites for hydroxylation is 1. The average Bonchev–Trinajstić information content (AvgIpc) is 3.14. The summed E-state index contributed by atoms with van der Waals surface area (Å²) in [5, 5.41) is 7.96. The Morgan fingerprint density at radius 2 is 2.24 bits per heavy atom. The summed E-state index contributed by atoms with van der Waals surface area (Å²) in [7, 11) is 1.66. The van der Waals surface area contributed by atoms with Gasteiger partial charge in [-0.25, -0.2) is 9.67 Å². The van der Waals surface area contributed by atoms with Crippen LogP contribution in [0.1, 0.15) is 22.8 Å². The minimum atomic E-state index is 0.449. The van der Waals surface area contributed by atoms with Crippen molar-refractivity contribution in [2.45, 2.75) is 19.9 Å². The molecule has 0 saturated heterocycles. The van der Waals surface area contributed by atoms with Crippen LogP contribution in [0.4, 0.5) is 0 Å². The highest BCUT2D eigenvalue weighted by Crippen LogP contribution is 2.19. The maximum atomic E-state index is 5.28. The van der Waals surface area contributed by atoms with E-state index >= 15 is 0 Å². The van der Waals surface area contributed by atoms with Crippen molar-refractivity contribution in [1.29, 1.82) is 0 Å². The molecule has 21 heavy (non-hydrogen) atoms. The van der Waals surface area contributed by atoms with E-state index in [2.05, 4.69) is 20.2 Å². The van der Waals surface area contributed by atoms with Crippen molar-refractivity contribution < 1.29 is 9.26 Å². The van der Waals surface area contributed by atoms with Gasteiger partial charge in [0.1, 0.15) is 24.9 Å². The molecular formula is C14H15N5O2. The molecule has 0 radical (unpaired) electrons. The quantitative estimate of drug-likeness (QED) is 0.708. The first-order chi connectivity index (χ1) is 10.2. The Labute approximate surface area is 121 Å². The van der Waals surface area contributed by atoms with Crippen molar-refractivity contribution in [3.8, 4) is 5.75 Å². The Balaban J connectivity index is 1.72. The summed E-state index contributed by atoms with van der Waals surface area (Å²) in [5.41, 5.74) is 2.26. The summed E-state index contributed by atoms with van der Waals surface area (Å²) in [4.78, 5) is 8.24. The number of nitrogens with zero attached hydrogens (tertiary/aromatic N) is 5. The highest BCUT2D eigenvalue weighted by Gasteiger charge is 2.10. The smallest absolute Gasteiger partial charge is 0.231 e. The molecule has 0 spiro atoms. The zero-order chi connectivity index (χ0) is 14.7. The van der Waals surface area contributed by atoms with E-state index in [0.717, 1.165) is 16.9 Å². The van der Waals surface area contributed by atoms with Gasteiger partial charge in [-0.1, -0.05) is 11.2 Å². The lowest BCUT2D eigenvalue weighted by Gasteiger charge is -2.05. The van der Waals surface area contributed by atoms with Crippen LogP contribution in [0, 0.1) is 6.92 Å². The second-order valence-electron chi connectivity index (χ2n) is 4.67. The van der Waals surface area contributed by atoms with Crippen LogP contribution in [0.15, 0.2) is 35.4 Å². The molecule has 0 bridgehead atoms. The fraction of sp³-hybridized carbons (Fsp3) is 0.286. The second kappa shape index (κ2) is 5.74. The number of aromatic nitrogens is 5.